The largest absolute Gasteiger partial charge is 0.497 e. The van der Waals surface area contributed by atoms with Gasteiger partial charge in [0.25, 0.3) is 0 Å². The second-order valence-corrected chi connectivity index (χ2v) is 8.58. The molecule has 1 unspecified atom stereocenters. The number of pyridine rings is 1. The number of amides is 1. The SMILES string of the molecule is COc1ccc(CN/C(=C\N)c2ccc(NCC(C)CNC(=O)OC(C)(C)C)nc2)cc1. The fourth-order valence-electron chi connectivity index (χ4n) is 2.78. The highest BCUT2D eigenvalue weighted by molar-refractivity contribution is 5.67. The molecule has 0 bridgehead atoms. The van der Waals surface area contributed by atoms with Crippen LogP contribution in [0.15, 0.2) is 48.8 Å². The van der Waals surface area contributed by atoms with E-state index >= 15 is 0 Å². The molecule has 8 heteroatoms. The number of hydrogen-bond donors (Lipinski definition) is 4. The van der Waals surface area contributed by atoms with Crippen LogP contribution < -0.4 is 26.4 Å². The lowest BCUT2D eigenvalue weighted by Gasteiger charge is -2.21. The normalized spacial score (nSPS) is 12.6. The van der Waals surface area contributed by atoms with Gasteiger partial charge in [0.05, 0.1) is 12.8 Å². The smallest absolute Gasteiger partial charge is 0.407 e. The van der Waals surface area contributed by atoms with Gasteiger partial charge in [0, 0.05) is 37.6 Å². The number of alkyl carbamates (subject to hydrolysis) is 1. The van der Waals surface area contributed by atoms with Gasteiger partial charge in [0.1, 0.15) is 17.2 Å². The summed E-state index contributed by atoms with van der Waals surface area (Å²) in [6, 6.07) is 11.7. The molecule has 32 heavy (non-hydrogen) atoms. The molecule has 1 atom stereocenters. The van der Waals surface area contributed by atoms with Crippen molar-refractivity contribution in [2.75, 3.05) is 25.5 Å². The number of nitrogens with one attached hydrogen (secondary N) is 3. The second kappa shape index (κ2) is 11.8. The van der Waals surface area contributed by atoms with Gasteiger partial charge in [-0.05, 0) is 56.5 Å². The summed E-state index contributed by atoms with van der Waals surface area (Å²) in [6.45, 7) is 9.37. The number of ether oxygens (including phenoxy) is 2. The van der Waals surface area contributed by atoms with Crippen molar-refractivity contribution in [3.63, 3.8) is 0 Å². The van der Waals surface area contributed by atoms with Gasteiger partial charge in [-0.3, -0.25) is 0 Å². The lowest BCUT2D eigenvalue weighted by molar-refractivity contribution is 0.0521. The number of anilines is 1. The zero-order valence-electron chi connectivity index (χ0n) is 19.6. The molecule has 0 radical (unpaired) electrons. The molecule has 174 valence electrons. The Morgan fingerprint density at radius 2 is 1.84 bits per heavy atom. The standard InChI is InChI=1S/C24H35N5O3/c1-17(14-29-23(30)32-24(2,3)4)13-27-22-11-8-19(16-28-22)21(12-25)26-15-18-6-9-20(31-5)10-7-18/h6-12,16-17,26H,13-15,25H2,1-5H3,(H,27,28)(H,29,30)/b21-12-. The molecule has 1 amide bonds. The van der Waals surface area contributed by atoms with E-state index in [2.05, 4.69) is 20.9 Å². The number of carbonyl (C=O) groups excluding carboxylic acids is 1. The minimum Gasteiger partial charge on any atom is -0.497 e. The molecule has 0 saturated carbocycles. The molecule has 8 nitrogen and oxygen atoms in total. The first-order valence-corrected chi connectivity index (χ1v) is 10.7. The lowest BCUT2D eigenvalue weighted by atomic mass is 10.1. The van der Waals surface area contributed by atoms with Crippen LogP contribution in [0, 0.1) is 5.92 Å². The predicted octanol–water partition coefficient (Wildman–Crippen LogP) is 3.71. The number of benzene rings is 1. The highest BCUT2D eigenvalue weighted by Crippen LogP contribution is 2.15. The Balaban J connectivity index is 1.80. The summed E-state index contributed by atoms with van der Waals surface area (Å²) < 4.78 is 10.4. The summed E-state index contributed by atoms with van der Waals surface area (Å²) in [4.78, 5) is 16.2. The van der Waals surface area contributed by atoms with Crippen LogP contribution in [0.2, 0.25) is 0 Å². The first kappa shape index (κ1) is 24.8. The third-order valence-corrected chi connectivity index (χ3v) is 4.51. The number of aromatic nitrogens is 1. The summed E-state index contributed by atoms with van der Waals surface area (Å²) >= 11 is 0. The fourth-order valence-corrected chi connectivity index (χ4v) is 2.78. The number of rotatable bonds is 10. The minimum atomic E-state index is -0.502. The van der Waals surface area contributed by atoms with Gasteiger partial charge in [0.15, 0.2) is 0 Å². The molecular formula is C24H35N5O3. The van der Waals surface area contributed by atoms with Crippen LogP contribution in [0.1, 0.15) is 38.8 Å². The summed E-state index contributed by atoms with van der Waals surface area (Å²) in [5.74, 6) is 1.78. The van der Waals surface area contributed by atoms with Crippen LogP contribution in [0.4, 0.5) is 10.6 Å². The van der Waals surface area contributed by atoms with Gasteiger partial charge in [-0.15, -0.1) is 0 Å². The van der Waals surface area contributed by atoms with E-state index in [0.717, 1.165) is 28.4 Å². The van der Waals surface area contributed by atoms with Crippen molar-refractivity contribution >= 4 is 17.6 Å². The van der Waals surface area contributed by atoms with Crippen LogP contribution >= 0.6 is 0 Å². The van der Waals surface area contributed by atoms with Crippen molar-refractivity contribution < 1.29 is 14.3 Å². The van der Waals surface area contributed by atoms with Gasteiger partial charge in [-0.1, -0.05) is 19.1 Å². The van der Waals surface area contributed by atoms with E-state index in [0.29, 0.717) is 19.6 Å². The Labute approximate surface area is 190 Å². The average Bonchev–Trinajstić information content (AvgIpc) is 2.76. The van der Waals surface area contributed by atoms with Crippen LogP contribution in [0.25, 0.3) is 5.70 Å². The quantitative estimate of drug-likeness (QED) is 0.445. The Bertz CT molecular complexity index is 874. The molecule has 1 heterocycles. The average molecular weight is 442 g/mol. The van der Waals surface area contributed by atoms with Gasteiger partial charge in [-0.25, -0.2) is 9.78 Å². The molecule has 1 aromatic heterocycles. The van der Waals surface area contributed by atoms with Gasteiger partial charge < -0.3 is 31.2 Å². The van der Waals surface area contributed by atoms with E-state index in [-0.39, 0.29) is 5.92 Å². The third-order valence-electron chi connectivity index (χ3n) is 4.51. The fraction of sp³-hybridized carbons (Fsp3) is 0.417. The first-order chi connectivity index (χ1) is 15.2. The summed E-state index contributed by atoms with van der Waals surface area (Å²) in [5, 5.41) is 9.40. The molecule has 0 spiro atoms. The Kier molecular flexibility index (Phi) is 9.19. The van der Waals surface area contributed by atoms with Crippen LogP contribution in [-0.2, 0) is 11.3 Å². The molecule has 2 aromatic rings. The number of nitrogens with two attached hydrogens (primary N) is 1. The van der Waals surface area contributed by atoms with Crippen molar-refractivity contribution in [1.29, 1.82) is 0 Å². The number of carbonyl (C=O) groups is 1. The maximum atomic E-state index is 11.7. The van der Waals surface area contributed by atoms with E-state index in [1.165, 1.54) is 6.20 Å². The molecule has 0 aliphatic heterocycles. The highest BCUT2D eigenvalue weighted by atomic mass is 16.6. The van der Waals surface area contributed by atoms with Gasteiger partial charge in [-0.2, -0.15) is 0 Å². The molecule has 0 fully saturated rings. The molecular weight excluding hydrogens is 406 g/mol. The predicted molar refractivity (Wildman–Crippen MR) is 128 cm³/mol. The molecule has 0 saturated heterocycles. The maximum Gasteiger partial charge on any atom is 0.407 e. The highest BCUT2D eigenvalue weighted by Gasteiger charge is 2.16. The summed E-state index contributed by atoms with van der Waals surface area (Å²) in [5.41, 5.74) is 8.12. The number of nitrogens with zero attached hydrogens (tertiary/aromatic N) is 1. The van der Waals surface area contributed by atoms with Crippen LogP contribution in [0.5, 0.6) is 5.75 Å². The maximum absolute atomic E-state index is 11.7. The monoisotopic (exact) mass is 441 g/mol. The van der Waals surface area contributed by atoms with E-state index in [4.69, 9.17) is 15.2 Å². The molecule has 0 aliphatic rings. The van der Waals surface area contributed by atoms with Crippen molar-refractivity contribution in [3.8, 4) is 5.75 Å². The van der Waals surface area contributed by atoms with Gasteiger partial charge in [0.2, 0.25) is 0 Å². The summed E-state index contributed by atoms with van der Waals surface area (Å²) in [6.07, 6.45) is 2.90. The first-order valence-electron chi connectivity index (χ1n) is 10.7. The van der Waals surface area contributed by atoms with E-state index in [9.17, 15) is 4.79 Å². The minimum absolute atomic E-state index is 0.203. The van der Waals surface area contributed by atoms with Gasteiger partial charge >= 0.3 is 6.09 Å². The third kappa shape index (κ3) is 8.75. The lowest BCUT2D eigenvalue weighted by Crippen LogP contribution is -2.36. The molecule has 2 rings (SSSR count). The zero-order chi connectivity index (χ0) is 23.6. The van der Waals surface area contributed by atoms with Crippen LogP contribution in [-0.4, -0.2) is 36.9 Å². The Hall–Kier alpha value is -3.42. The van der Waals surface area contributed by atoms with E-state index in [1.54, 1.807) is 13.3 Å². The topological polar surface area (TPSA) is 111 Å². The zero-order valence-corrected chi connectivity index (χ0v) is 19.6. The molecule has 1 aromatic carbocycles. The van der Waals surface area contributed by atoms with Crippen molar-refractivity contribution in [3.05, 3.63) is 59.9 Å². The molecule has 5 N–H and O–H groups in total. The Morgan fingerprint density at radius 1 is 1.12 bits per heavy atom. The Morgan fingerprint density at radius 3 is 2.41 bits per heavy atom. The summed E-state index contributed by atoms with van der Waals surface area (Å²) in [7, 11) is 1.65. The molecule has 0 aliphatic carbocycles. The van der Waals surface area contributed by atoms with Crippen LogP contribution in [0.3, 0.4) is 0 Å². The second-order valence-electron chi connectivity index (χ2n) is 8.58. The number of hydrogen-bond acceptors (Lipinski definition) is 7. The van der Waals surface area contributed by atoms with Crippen molar-refractivity contribution in [2.45, 2.75) is 39.8 Å². The van der Waals surface area contributed by atoms with Crippen molar-refractivity contribution in [1.82, 2.24) is 15.6 Å². The van der Waals surface area contributed by atoms with E-state index < -0.39 is 11.7 Å². The van der Waals surface area contributed by atoms with Crippen molar-refractivity contribution in [2.24, 2.45) is 11.7 Å². The van der Waals surface area contributed by atoms with E-state index in [1.807, 2.05) is 64.1 Å². The number of methoxy groups -OCH3 is 1.